The quantitative estimate of drug-likeness (QED) is 0.530. The Morgan fingerprint density at radius 1 is 1.25 bits per heavy atom. The molecule has 0 aliphatic heterocycles. The lowest BCUT2D eigenvalue weighted by Gasteiger charge is -2.17. The number of carbonyl (C=O) groups is 1. The summed E-state index contributed by atoms with van der Waals surface area (Å²) in [6.07, 6.45) is 4.69. The average molecular weight is 399 g/mol. The van der Waals surface area contributed by atoms with Gasteiger partial charge in [0, 0.05) is 11.2 Å². The van der Waals surface area contributed by atoms with Gasteiger partial charge in [-0.25, -0.2) is 14.5 Å². The Hall–Kier alpha value is -3.46. The van der Waals surface area contributed by atoms with Crippen molar-refractivity contribution in [2.45, 2.75) is 19.4 Å². The Morgan fingerprint density at radius 3 is 2.75 bits per heavy atom. The molecule has 0 radical (unpaired) electrons. The topological polar surface area (TPSA) is 119 Å². The van der Waals surface area contributed by atoms with E-state index in [0.29, 0.717) is 22.5 Å². The van der Waals surface area contributed by atoms with Gasteiger partial charge in [-0.05, 0) is 24.1 Å². The highest BCUT2D eigenvalue weighted by atomic mass is 35.5. The summed E-state index contributed by atoms with van der Waals surface area (Å²) in [6, 6.07) is 7.28. The minimum Gasteiger partial charge on any atom is -0.492 e. The van der Waals surface area contributed by atoms with Crippen molar-refractivity contribution >= 4 is 28.6 Å². The fourth-order valence-electron chi connectivity index (χ4n) is 3.08. The van der Waals surface area contributed by atoms with Crippen LogP contribution in [0.2, 0.25) is 5.02 Å². The zero-order valence-electron chi connectivity index (χ0n) is 14.7. The first-order valence-corrected chi connectivity index (χ1v) is 8.83. The largest absolute Gasteiger partial charge is 0.492 e. The Bertz CT molecular complexity index is 1190. The van der Waals surface area contributed by atoms with Crippen LogP contribution in [0.3, 0.4) is 0 Å². The first-order valence-electron chi connectivity index (χ1n) is 8.46. The molecule has 28 heavy (non-hydrogen) atoms. The van der Waals surface area contributed by atoms with Crippen molar-refractivity contribution in [1.29, 1.82) is 0 Å². The average Bonchev–Trinajstić information content (AvgIpc) is 3.30. The maximum atomic E-state index is 11.0. The first-order chi connectivity index (χ1) is 13.5. The van der Waals surface area contributed by atoms with Crippen LogP contribution in [0.4, 0.5) is 0 Å². The van der Waals surface area contributed by atoms with Crippen molar-refractivity contribution < 1.29 is 15.0 Å². The van der Waals surface area contributed by atoms with Gasteiger partial charge in [0.25, 0.3) is 5.95 Å². The maximum absolute atomic E-state index is 11.0. The first kappa shape index (κ1) is 17.9. The fourth-order valence-corrected chi connectivity index (χ4v) is 3.28. The van der Waals surface area contributed by atoms with Crippen LogP contribution in [0, 0.1) is 0 Å². The number of aromatic hydroxyl groups is 1. The fraction of sp³-hybridized carbons (Fsp3) is 0.167. The number of benzene rings is 1. The molecule has 2 N–H and O–H groups in total. The van der Waals surface area contributed by atoms with E-state index in [-0.39, 0.29) is 23.4 Å². The highest BCUT2D eigenvalue weighted by Crippen LogP contribution is 2.30. The Morgan fingerprint density at radius 2 is 2.07 bits per heavy atom. The van der Waals surface area contributed by atoms with Gasteiger partial charge in [-0.3, -0.25) is 4.68 Å². The van der Waals surface area contributed by atoms with E-state index in [1.54, 1.807) is 10.7 Å². The third kappa shape index (κ3) is 3.05. The number of hydrogen-bond acceptors (Lipinski definition) is 6. The molecule has 1 aromatic carbocycles. The minimum absolute atomic E-state index is 0.00844. The van der Waals surface area contributed by atoms with Crippen LogP contribution < -0.4 is 0 Å². The van der Waals surface area contributed by atoms with Crippen LogP contribution in [-0.4, -0.2) is 45.7 Å². The van der Waals surface area contributed by atoms with E-state index in [9.17, 15) is 9.90 Å². The van der Waals surface area contributed by atoms with E-state index in [1.165, 1.54) is 23.3 Å². The standard InChI is InChI=1S/C18H15ClN6O3/c1-2-14(10-4-3-5-12(19)6-10)25-15-13(8-21-25)22-18(23-16(15)26)24-9-11(7-20-24)17(27)28/h3-9,14H,2H2,1H3,(H,27,28)(H,22,23,26)/t14-/m0/s1. The predicted octanol–water partition coefficient (Wildman–Crippen LogP) is 3.07. The molecule has 0 saturated heterocycles. The molecule has 0 aliphatic rings. The molecule has 1 atom stereocenters. The molecule has 0 unspecified atom stereocenters. The number of aromatic carboxylic acids is 1. The molecule has 0 saturated carbocycles. The van der Waals surface area contributed by atoms with Crippen molar-refractivity contribution in [1.82, 2.24) is 29.5 Å². The number of carboxylic acids is 1. The molecule has 0 aliphatic carbocycles. The molecule has 4 rings (SSSR count). The number of rotatable bonds is 5. The van der Waals surface area contributed by atoms with Crippen molar-refractivity contribution in [2.75, 3.05) is 0 Å². The van der Waals surface area contributed by atoms with Crippen LogP contribution in [-0.2, 0) is 0 Å². The van der Waals surface area contributed by atoms with Gasteiger partial charge in [0.1, 0.15) is 11.0 Å². The van der Waals surface area contributed by atoms with Gasteiger partial charge >= 0.3 is 5.97 Å². The van der Waals surface area contributed by atoms with Crippen LogP contribution in [0.25, 0.3) is 17.0 Å². The molecule has 0 spiro atoms. The third-order valence-electron chi connectivity index (χ3n) is 4.36. The van der Waals surface area contributed by atoms with Gasteiger partial charge in [0.05, 0.1) is 24.0 Å². The van der Waals surface area contributed by atoms with Crippen LogP contribution in [0.5, 0.6) is 5.88 Å². The van der Waals surface area contributed by atoms with Crippen LogP contribution >= 0.6 is 11.6 Å². The summed E-state index contributed by atoms with van der Waals surface area (Å²) in [6.45, 7) is 2.00. The number of aromatic nitrogens is 6. The molecule has 9 nitrogen and oxygen atoms in total. The highest BCUT2D eigenvalue weighted by Gasteiger charge is 2.21. The summed E-state index contributed by atoms with van der Waals surface area (Å²) >= 11 is 6.11. The summed E-state index contributed by atoms with van der Waals surface area (Å²) in [4.78, 5) is 19.5. The summed E-state index contributed by atoms with van der Waals surface area (Å²) in [5, 5.41) is 28.5. The highest BCUT2D eigenvalue weighted by molar-refractivity contribution is 6.30. The van der Waals surface area contributed by atoms with Gasteiger partial charge in [0.15, 0.2) is 0 Å². The Balaban J connectivity index is 1.80. The number of carboxylic acid groups (broad SMARTS) is 1. The molecule has 0 fully saturated rings. The van der Waals surface area contributed by atoms with Crippen molar-refractivity contribution in [3.05, 3.63) is 59.0 Å². The zero-order valence-corrected chi connectivity index (χ0v) is 15.4. The van der Waals surface area contributed by atoms with Gasteiger partial charge in [-0.1, -0.05) is 30.7 Å². The van der Waals surface area contributed by atoms with Crippen LogP contribution in [0.1, 0.15) is 35.3 Å². The summed E-state index contributed by atoms with van der Waals surface area (Å²) in [5.41, 5.74) is 1.73. The smallest absolute Gasteiger partial charge is 0.338 e. The normalized spacial score (nSPS) is 12.4. The molecule has 0 bridgehead atoms. The molecular formula is C18H15ClN6O3. The second kappa shape index (κ2) is 6.93. The SMILES string of the molecule is CC[C@@H](c1cccc(Cl)c1)n1ncc2nc(-n3cc(C(=O)O)cn3)nc(O)c21. The molecule has 4 aromatic rings. The van der Waals surface area contributed by atoms with Gasteiger partial charge in [0.2, 0.25) is 5.88 Å². The van der Waals surface area contributed by atoms with E-state index in [0.717, 1.165) is 5.56 Å². The molecule has 3 heterocycles. The second-order valence-electron chi connectivity index (χ2n) is 6.13. The molecular weight excluding hydrogens is 384 g/mol. The molecule has 3 aromatic heterocycles. The minimum atomic E-state index is -1.11. The number of fused-ring (bicyclic) bond motifs is 1. The lowest BCUT2D eigenvalue weighted by molar-refractivity contribution is 0.0697. The molecule has 0 amide bonds. The van der Waals surface area contributed by atoms with E-state index in [1.807, 2.05) is 25.1 Å². The lowest BCUT2D eigenvalue weighted by atomic mass is 10.0. The van der Waals surface area contributed by atoms with Crippen molar-refractivity contribution in [3.63, 3.8) is 0 Å². The van der Waals surface area contributed by atoms with Gasteiger partial charge in [-0.2, -0.15) is 15.2 Å². The maximum Gasteiger partial charge on any atom is 0.338 e. The third-order valence-corrected chi connectivity index (χ3v) is 4.60. The predicted molar refractivity (Wildman–Crippen MR) is 101 cm³/mol. The summed E-state index contributed by atoms with van der Waals surface area (Å²) in [5.74, 6) is -1.34. The monoisotopic (exact) mass is 398 g/mol. The lowest BCUT2D eigenvalue weighted by Crippen LogP contribution is -2.12. The molecule has 10 heteroatoms. The van der Waals surface area contributed by atoms with E-state index in [2.05, 4.69) is 20.2 Å². The van der Waals surface area contributed by atoms with E-state index < -0.39 is 5.97 Å². The van der Waals surface area contributed by atoms with Gasteiger partial charge < -0.3 is 10.2 Å². The van der Waals surface area contributed by atoms with Crippen molar-refractivity contribution in [2.24, 2.45) is 0 Å². The number of halogens is 1. The van der Waals surface area contributed by atoms with E-state index in [4.69, 9.17) is 16.7 Å². The Kier molecular flexibility index (Phi) is 4.44. The van der Waals surface area contributed by atoms with Gasteiger partial charge in [-0.15, -0.1) is 0 Å². The number of hydrogen-bond donors (Lipinski definition) is 2. The van der Waals surface area contributed by atoms with E-state index >= 15 is 0 Å². The number of nitrogens with zero attached hydrogens (tertiary/aromatic N) is 6. The molecule has 142 valence electrons. The summed E-state index contributed by atoms with van der Waals surface area (Å²) < 4.78 is 2.85. The zero-order chi connectivity index (χ0) is 19.8. The van der Waals surface area contributed by atoms with Crippen molar-refractivity contribution in [3.8, 4) is 11.8 Å². The second-order valence-corrected chi connectivity index (χ2v) is 6.56. The Labute approximate surface area is 163 Å². The summed E-state index contributed by atoms with van der Waals surface area (Å²) in [7, 11) is 0. The van der Waals surface area contributed by atoms with Crippen LogP contribution in [0.15, 0.2) is 42.9 Å².